The lowest BCUT2D eigenvalue weighted by atomic mass is 9.91. The van der Waals surface area contributed by atoms with Crippen LogP contribution in [0.2, 0.25) is 0 Å². The molecule has 0 saturated carbocycles. The molecular weight excluding hydrogens is 548 g/mol. The summed E-state index contributed by atoms with van der Waals surface area (Å²) in [5.74, 6) is 2.41. The Bertz CT molecular complexity index is 1780. The molecule has 0 atom stereocenters. The summed E-state index contributed by atoms with van der Waals surface area (Å²) in [6.07, 6.45) is 6.72. The van der Waals surface area contributed by atoms with Gasteiger partial charge < -0.3 is 19.2 Å². The fourth-order valence-corrected chi connectivity index (χ4v) is 5.82. The molecule has 44 heavy (non-hydrogen) atoms. The summed E-state index contributed by atoms with van der Waals surface area (Å²) in [5.41, 5.74) is 5.14. The Morgan fingerprint density at radius 1 is 0.864 bits per heavy atom. The number of nitrogens with zero attached hydrogens (tertiary/aromatic N) is 5. The minimum atomic E-state index is 0.155. The maximum absolute atomic E-state index is 6.20. The minimum absolute atomic E-state index is 0.155. The number of nitrogens with one attached hydrogen (secondary N) is 1. The highest BCUT2D eigenvalue weighted by Gasteiger charge is 2.17. The number of morpholine rings is 1. The number of pyridine rings is 1. The second-order valence-electron chi connectivity index (χ2n) is 11.1. The third-order valence-electron chi connectivity index (χ3n) is 8.18. The van der Waals surface area contributed by atoms with Crippen LogP contribution in [0.1, 0.15) is 23.5 Å². The highest BCUT2D eigenvalue weighted by atomic mass is 16.5. The molecule has 3 aromatic carbocycles. The van der Waals surface area contributed by atoms with Crippen molar-refractivity contribution < 1.29 is 9.47 Å². The van der Waals surface area contributed by atoms with Crippen LogP contribution in [0.5, 0.6) is 5.75 Å². The van der Waals surface area contributed by atoms with Gasteiger partial charge in [-0.15, -0.1) is 0 Å². The quantitative estimate of drug-likeness (QED) is 0.179. The van der Waals surface area contributed by atoms with Gasteiger partial charge in [0, 0.05) is 67.7 Å². The summed E-state index contributed by atoms with van der Waals surface area (Å²) in [5, 5.41) is 4.66. The van der Waals surface area contributed by atoms with Crippen molar-refractivity contribution in [2.75, 3.05) is 51.3 Å². The standard InChI is InChI=1S/C36H36N6O2/c1-3-8-27(9-4-1)32(28-10-5-2-6-11-28)25-38-36-31-14-13-30(44-21-7-17-41-19-22-43-23-20-41)24-33(31)39-35(40-36)29-12-15-34-37-16-18-42(34)26-29/h1-6,8-16,18,24,26,32H,7,17,19-23,25H2,(H,38,39,40). The Kier molecular flexibility index (Phi) is 8.43. The number of anilines is 1. The van der Waals surface area contributed by atoms with Crippen LogP contribution in [0.4, 0.5) is 5.82 Å². The first-order valence-corrected chi connectivity index (χ1v) is 15.3. The maximum Gasteiger partial charge on any atom is 0.163 e. The van der Waals surface area contributed by atoms with E-state index in [1.165, 1.54) is 11.1 Å². The summed E-state index contributed by atoms with van der Waals surface area (Å²) < 4.78 is 13.7. The van der Waals surface area contributed by atoms with E-state index in [9.17, 15) is 0 Å². The highest BCUT2D eigenvalue weighted by molar-refractivity contribution is 5.91. The first kappa shape index (κ1) is 28.0. The van der Waals surface area contributed by atoms with Crippen LogP contribution in [-0.2, 0) is 4.74 Å². The molecule has 1 saturated heterocycles. The molecule has 6 aromatic rings. The summed E-state index contributed by atoms with van der Waals surface area (Å²) in [6, 6.07) is 31.4. The third-order valence-corrected chi connectivity index (χ3v) is 8.18. The van der Waals surface area contributed by atoms with Crippen LogP contribution < -0.4 is 10.1 Å². The molecule has 7 rings (SSSR count). The van der Waals surface area contributed by atoms with Gasteiger partial charge in [-0.05, 0) is 41.8 Å². The smallest absolute Gasteiger partial charge is 0.163 e. The number of benzene rings is 3. The van der Waals surface area contributed by atoms with Crippen LogP contribution in [0.25, 0.3) is 27.9 Å². The lowest BCUT2D eigenvalue weighted by Gasteiger charge is -2.26. The van der Waals surface area contributed by atoms with Crippen molar-refractivity contribution in [3.63, 3.8) is 0 Å². The van der Waals surface area contributed by atoms with Gasteiger partial charge in [0.15, 0.2) is 5.82 Å². The van der Waals surface area contributed by atoms with Gasteiger partial charge in [0.05, 0.1) is 25.3 Å². The van der Waals surface area contributed by atoms with E-state index in [-0.39, 0.29) is 5.92 Å². The average Bonchev–Trinajstić information content (AvgIpc) is 3.56. The molecule has 3 aromatic heterocycles. The molecular formula is C36H36N6O2. The van der Waals surface area contributed by atoms with Crippen molar-refractivity contribution >= 4 is 22.4 Å². The number of hydrogen-bond acceptors (Lipinski definition) is 7. The molecule has 4 heterocycles. The number of fused-ring (bicyclic) bond motifs is 2. The highest BCUT2D eigenvalue weighted by Crippen LogP contribution is 2.30. The molecule has 1 aliphatic heterocycles. The number of aromatic nitrogens is 4. The Morgan fingerprint density at radius 2 is 1.64 bits per heavy atom. The second kappa shape index (κ2) is 13.2. The van der Waals surface area contributed by atoms with E-state index < -0.39 is 0 Å². The van der Waals surface area contributed by atoms with E-state index in [0.29, 0.717) is 19.0 Å². The van der Waals surface area contributed by atoms with E-state index in [0.717, 1.165) is 72.9 Å². The van der Waals surface area contributed by atoms with Crippen LogP contribution in [0.3, 0.4) is 0 Å². The molecule has 0 spiro atoms. The van der Waals surface area contributed by atoms with Gasteiger partial charge >= 0.3 is 0 Å². The second-order valence-corrected chi connectivity index (χ2v) is 11.1. The van der Waals surface area contributed by atoms with Gasteiger partial charge in [-0.25, -0.2) is 15.0 Å². The predicted molar refractivity (Wildman–Crippen MR) is 174 cm³/mol. The Morgan fingerprint density at radius 3 is 2.41 bits per heavy atom. The van der Waals surface area contributed by atoms with Gasteiger partial charge in [0.1, 0.15) is 17.2 Å². The fraction of sp³-hybridized carbons (Fsp3) is 0.250. The zero-order chi connectivity index (χ0) is 29.6. The minimum Gasteiger partial charge on any atom is -0.493 e. The Labute approximate surface area is 257 Å². The molecule has 222 valence electrons. The van der Waals surface area contributed by atoms with E-state index in [1.54, 1.807) is 6.20 Å². The monoisotopic (exact) mass is 584 g/mol. The summed E-state index contributed by atoms with van der Waals surface area (Å²) in [4.78, 5) is 16.9. The summed E-state index contributed by atoms with van der Waals surface area (Å²) in [6.45, 7) is 5.96. The molecule has 0 radical (unpaired) electrons. The van der Waals surface area contributed by atoms with Gasteiger partial charge in [0.25, 0.3) is 0 Å². The van der Waals surface area contributed by atoms with Gasteiger partial charge in [0.2, 0.25) is 0 Å². The van der Waals surface area contributed by atoms with Crippen molar-refractivity contribution in [3.8, 4) is 17.1 Å². The van der Waals surface area contributed by atoms with E-state index in [1.807, 2.05) is 41.1 Å². The average molecular weight is 585 g/mol. The first-order valence-electron chi connectivity index (χ1n) is 15.3. The number of hydrogen-bond donors (Lipinski definition) is 1. The van der Waals surface area contributed by atoms with Crippen LogP contribution in [-0.4, -0.2) is 70.3 Å². The lowest BCUT2D eigenvalue weighted by Crippen LogP contribution is -2.37. The van der Waals surface area contributed by atoms with Gasteiger partial charge in [-0.3, -0.25) is 4.90 Å². The molecule has 8 nitrogen and oxygen atoms in total. The van der Waals surface area contributed by atoms with E-state index in [2.05, 4.69) is 81.9 Å². The number of rotatable bonds is 11. The van der Waals surface area contributed by atoms with Crippen LogP contribution >= 0.6 is 0 Å². The maximum atomic E-state index is 6.20. The van der Waals surface area contributed by atoms with Crippen LogP contribution in [0.15, 0.2) is 110 Å². The fourth-order valence-electron chi connectivity index (χ4n) is 5.82. The first-order chi connectivity index (χ1) is 21.8. The van der Waals surface area contributed by atoms with Gasteiger partial charge in [-0.2, -0.15) is 0 Å². The number of imidazole rings is 1. The molecule has 1 fully saturated rings. The lowest BCUT2D eigenvalue weighted by molar-refractivity contribution is 0.0358. The van der Waals surface area contributed by atoms with Gasteiger partial charge in [-0.1, -0.05) is 60.7 Å². The molecule has 8 heteroatoms. The normalized spacial score (nSPS) is 13.9. The SMILES string of the molecule is c1ccc(C(CNc2nc(-c3ccc4nccn4c3)nc3cc(OCCCN4CCOCC4)ccc23)c2ccccc2)cc1. The van der Waals surface area contributed by atoms with Crippen LogP contribution in [0, 0.1) is 0 Å². The predicted octanol–water partition coefficient (Wildman–Crippen LogP) is 6.29. The largest absolute Gasteiger partial charge is 0.493 e. The van der Waals surface area contributed by atoms with Crippen molar-refractivity contribution in [1.82, 2.24) is 24.3 Å². The summed E-state index contributed by atoms with van der Waals surface area (Å²) in [7, 11) is 0. The van der Waals surface area contributed by atoms with Crippen molar-refractivity contribution in [1.29, 1.82) is 0 Å². The zero-order valence-corrected chi connectivity index (χ0v) is 24.7. The van der Waals surface area contributed by atoms with E-state index in [4.69, 9.17) is 19.4 Å². The molecule has 0 unspecified atom stereocenters. The molecule has 1 N–H and O–H groups in total. The van der Waals surface area contributed by atoms with E-state index >= 15 is 0 Å². The third kappa shape index (κ3) is 6.41. The summed E-state index contributed by atoms with van der Waals surface area (Å²) >= 11 is 0. The van der Waals surface area contributed by atoms with Crippen molar-refractivity contribution in [2.24, 2.45) is 0 Å². The molecule has 1 aliphatic rings. The topological polar surface area (TPSA) is 76.8 Å². The Hall–Kier alpha value is -4.79. The Balaban J connectivity index is 1.18. The molecule has 0 amide bonds. The van der Waals surface area contributed by atoms with Crippen molar-refractivity contribution in [2.45, 2.75) is 12.3 Å². The zero-order valence-electron chi connectivity index (χ0n) is 24.7. The number of ether oxygens (including phenoxy) is 2. The molecule has 0 aliphatic carbocycles. The van der Waals surface area contributed by atoms with Crippen molar-refractivity contribution in [3.05, 3.63) is 121 Å². The molecule has 0 bridgehead atoms.